The molecule has 28 heavy (non-hydrogen) atoms. The van der Waals surface area contributed by atoms with Gasteiger partial charge in [-0.05, 0) is 60.8 Å². The van der Waals surface area contributed by atoms with Crippen molar-refractivity contribution in [3.63, 3.8) is 0 Å². The highest BCUT2D eigenvalue weighted by Gasteiger charge is 2.39. The quantitative estimate of drug-likeness (QED) is 0.572. The van der Waals surface area contributed by atoms with Crippen LogP contribution in [0.3, 0.4) is 0 Å². The van der Waals surface area contributed by atoms with Gasteiger partial charge in [-0.3, -0.25) is 0 Å². The summed E-state index contributed by atoms with van der Waals surface area (Å²) in [5.74, 6) is 1.50. The molecule has 2 aliphatic carbocycles. The molecule has 0 heterocycles. The summed E-state index contributed by atoms with van der Waals surface area (Å²) < 4.78 is 41.2. The van der Waals surface area contributed by atoms with Crippen molar-refractivity contribution in [3.8, 4) is 5.75 Å². The van der Waals surface area contributed by atoms with E-state index in [9.17, 15) is 13.2 Å². The first kappa shape index (κ1) is 20.8. The summed E-state index contributed by atoms with van der Waals surface area (Å²) in [5, 5.41) is 0. The second kappa shape index (κ2) is 7.84. The van der Waals surface area contributed by atoms with E-state index in [4.69, 9.17) is 0 Å². The van der Waals surface area contributed by atoms with Crippen LogP contribution >= 0.6 is 0 Å². The SMILES string of the molecule is C[C@@H]1C[C@H](C2C=CC=CC2N(C)c2ccc(OC(F)(F)F)cc2)CC(C)(C)C1. The molecule has 0 amide bonds. The van der Waals surface area contributed by atoms with Crippen molar-refractivity contribution in [2.45, 2.75) is 52.4 Å². The van der Waals surface area contributed by atoms with Crippen LogP contribution in [-0.4, -0.2) is 19.5 Å². The number of ether oxygens (including phenoxy) is 1. The van der Waals surface area contributed by atoms with E-state index in [1.54, 1.807) is 12.1 Å². The number of hydrogen-bond acceptors (Lipinski definition) is 2. The molecule has 0 N–H and O–H groups in total. The van der Waals surface area contributed by atoms with Crippen molar-refractivity contribution in [1.29, 1.82) is 0 Å². The van der Waals surface area contributed by atoms with E-state index in [2.05, 4.69) is 54.7 Å². The number of rotatable bonds is 4. The number of nitrogens with zero attached hydrogens (tertiary/aromatic N) is 1. The van der Waals surface area contributed by atoms with Crippen LogP contribution in [0.25, 0.3) is 0 Å². The van der Waals surface area contributed by atoms with Gasteiger partial charge in [-0.15, -0.1) is 13.2 Å². The summed E-state index contributed by atoms with van der Waals surface area (Å²) >= 11 is 0. The zero-order valence-corrected chi connectivity index (χ0v) is 17.0. The van der Waals surface area contributed by atoms with Gasteiger partial charge in [-0.25, -0.2) is 0 Å². The zero-order chi connectivity index (χ0) is 20.5. The molecule has 0 bridgehead atoms. The second-order valence-electron chi connectivity index (χ2n) is 9.16. The third-order valence-corrected chi connectivity index (χ3v) is 6.04. The van der Waals surface area contributed by atoms with Crippen molar-refractivity contribution in [2.75, 3.05) is 11.9 Å². The Morgan fingerprint density at radius 1 is 1.04 bits per heavy atom. The van der Waals surface area contributed by atoms with E-state index < -0.39 is 6.36 Å². The Morgan fingerprint density at radius 3 is 2.29 bits per heavy atom. The van der Waals surface area contributed by atoms with Crippen molar-refractivity contribution in [3.05, 3.63) is 48.6 Å². The number of halogens is 3. The Morgan fingerprint density at radius 2 is 1.68 bits per heavy atom. The van der Waals surface area contributed by atoms with Crippen LogP contribution in [0.5, 0.6) is 5.75 Å². The Labute approximate surface area is 166 Å². The number of anilines is 1. The fraction of sp³-hybridized carbons (Fsp3) is 0.565. The average molecular weight is 393 g/mol. The van der Waals surface area contributed by atoms with Gasteiger partial charge in [0.25, 0.3) is 0 Å². The van der Waals surface area contributed by atoms with Crippen molar-refractivity contribution in [2.24, 2.45) is 23.2 Å². The Kier molecular flexibility index (Phi) is 5.83. The van der Waals surface area contributed by atoms with Gasteiger partial charge in [0.05, 0.1) is 6.04 Å². The predicted octanol–water partition coefficient (Wildman–Crippen LogP) is 6.59. The lowest BCUT2D eigenvalue weighted by Crippen LogP contribution is -2.43. The van der Waals surface area contributed by atoms with Gasteiger partial charge in [0.15, 0.2) is 0 Å². The summed E-state index contributed by atoms with van der Waals surface area (Å²) in [4.78, 5) is 2.16. The first-order chi connectivity index (χ1) is 13.0. The lowest BCUT2D eigenvalue weighted by atomic mass is 9.63. The van der Waals surface area contributed by atoms with Crippen LogP contribution in [0.4, 0.5) is 18.9 Å². The lowest BCUT2D eigenvalue weighted by Gasteiger charge is -2.45. The van der Waals surface area contributed by atoms with E-state index in [1.807, 2.05) is 7.05 Å². The fourth-order valence-electron chi connectivity index (χ4n) is 5.20. The standard InChI is InChI=1S/C23H30F3NO/c1-16-13-17(15-22(2,3)14-16)20-7-5-6-8-21(20)27(4)18-9-11-19(12-10-18)28-23(24,25)26/h5-12,16-17,20-21H,13-15H2,1-4H3/t16-,17+,20?,21?/m1/s1. The van der Waals surface area contributed by atoms with Crippen molar-refractivity contribution in [1.82, 2.24) is 0 Å². The zero-order valence-electron chi connectivity index (χ0n) is 17.0. The second-order valence-corrected chi connectivity index (χ2v) is 9.16. The summed E-state index contributed by atoms with van der Waals surface area (Å²) in [6.45, 7) is 7.06. The minimum Gasteiger partial charge on any atom is -0.406 e. The Hall–Kier alpha value is -1.91. The molecule has 4 atom stereocenters. The van der Waals surface area contributed by atoms with Gasteiger partial charge < -0.3 is 9.64 Å². The summed E-state index contributed by atoms with van der Waals surface area (Å²) in [6.07, 6.45) is 7.71. The van der Waals surface area contributed by atoms with Gasteiger partial charge in [0.2, 0.25) is 0 Å². The first-order valence-corrected chi connectivity index (χ1v) is 9.98. The van der Waals surface area contributed by atoms with Gasteiger partial charge in [-0.2, -0.15) is 0 Å². The minimum atomic E-state index is -4.67. The molecule has 0 aromatic heterocycles. The molecule has 154 valence electrons. The molecular weight excluding hydrogens is 363 g/mol. The molecule has 2 nitrogen and oxygen atoms in total. The molecular formula is C23H30F3NO. The van der Waals surface area contributed by atoms with Crippen LogP contribution < -0.4 is 9.64 Å². The minimum absolute atomic E-state index is 0.186. The van der Waals surface area contributed by atoms with Gasteiger partial charge in [0, 0.05) is 18.7 Å². The maximum Gasteiger partial charge on any atom is 0.573 e. The van der Waals surface area contributed by atoms with Crippen LogP contribution in [0.2, 0.25) is 0 Å². The maximum absolute atomic E-state index is 12.4. The molecule has 2 unspecified atom stereocenters. The highest BCUT2D eigenvalue weighted by molar-refractivity contribution is 5.51. The molecule has 2 aliphatic rings. The van der Waals surface area contributed by atoms with Crippen LogP contribution in [-0.2, 0) is 0 Å². The number of allylic oxidation sites excluding steroid dienone is 2. The molecule has 1 saturated carbocycles. The lowest BCUT2D eigenvalue weighted by molar-refractivity contribution is -0.274. The number of hydrogen-bond donors (Lipinski definition) is 0. The summed E-state index contributed by atoms with van der Waals surface area (Å²) in [6, 6.07) is 6.32. The Balaban J connectivity index is 1.77. The maximum atomic E-state index is 12.4. The summed E-state index contributed by atoms with van der Waals surface area (Å²) in [5.41, 5.74) is 1.23. The molecule has 0 spiro atoms. The molecule has 5 heteroatoms. The number of alkyl halides is 3. The number of benzene rings is 1. The third-order valence-electron chi connectivity index (χ3n) is 6.04. The molecule has 0 aliphatic heterocycles. The first-order valence-electron chi connectivity index (χ1n) is 9.98. The van der Waals surface area contributed by atoms with Crippen LogP contribution in [0, 0.1) is 23.2 Å². The molecule has 1 aromatic rings. The largest absolute Gasteiger partial charge is 0.573 e. The average Bonchev–Trinajstić information content (AvgIpc) is 2.59. The van der Waals surface area contributed by atoms with Gasteiger partial charge in [-0.1, -0.05) is 45.1 Å². The van der Waals surface area contributed by atoms with Crippen LogP contribution in [0.1, 0.15) is 40.0 Å². The van der Waals surface area contributed by atoms with Crippen molar-refractivity contribution < 1.29 is 17.9 Å². The topological polar surface area (TPSA) is 12.5 Å². The smallest absolute Gasteiger partial charge is 0.406 e. The van der Waals surface area contributed by atoms with E-state index in [0.29, 0.717) is 23.2 Å². The molecule has 0 saturated heterocycles. The molecule has 3 rings (SSSR count). The predicted molar refractivity (Wildman–Crippen MR) is 107 cm³/mol. The highest BCUT2D eigenvalue weighted by Crippen LogP contribution is 2.46. The third kappa shape index (κ3) is 5.12. The van der Waals surface area contributed by atoms with E-state index in [-0.39, 0.29) is 11.8 Å². The normalized spacial score (nSPS) is 29.5. The van der Waals surface area contributed by atoms with Gasteiger partial charge >= 0.3 is 6.36 Å². The van der Waals surface area contributed by atoms with Gasteiger partial charge in [0.1, 0.15) is 5.75 Å². The summed E-state index contributed by atoms with van der Waals surface area (Å²) in [7, 11) is 2.01. The monoisotopic (exact) mass is 393 g/mol. The highest BCUT2D eigenvalue weighted by atomic mass is 19.4. The molecule has 1 fully saturated rings. The molecule has 0 radical (unpaired) electrons. The van der Waals surface area contributed by atoms with Crippen molar-refractivity contribution >= 4 is 5.69 Å². The van der Waals surface area contributed by atoms with E-state index in [1.165, 1.54) is 31.4 Å². The van der Waals surface area contributed by atoms with Crippen LogP contribution in [0.15, 0.2) is 48.6 Å². The number of likely N-dealkylation sites (N-methyl/N-ethyl adjacent to an activating group) is 1. The van der Waals surface area contributed by atoms with E-state index >= 15 is 0 Å². The van der Waals surface area contributed by atoms with E-state index in [0.717, 1.165) is 5.69 Å². The Bertz CT molecular complexity index is 720. The molecule has 1 aromatic carbocycles. The fourth-order valence-corrected chi connectivity index (χ4v) is 5.20.